The Kier molecular flexibility index (Phi) is 5.40. The molecule has 0 saturated carbocycles. The zero-order valence-electron chi connectivity index (χ0n) is 13.6. The van der Waals surface area contributed by atoms with Crippen LogP contribution in [0.15, 0.2) is 25.3 Å². The van der Waals surface area contributed by atoms with Crippen molar-refractivity contribution in [3.05, 3.63) is 47.5 Å². The molecule has 0 N–H and O–H groups in total. The summed E-state index contributed by atoms with van der Waals surface area (Å²) in [7, 11) is 0. The monoisotopic (exact) mass is 246 g/mol. The minimum atomic E-state index is 0.223. The van der Waals surface area contributed by atoms with Crippen molar-refractivity contribution >= 4 is 0 Å². The fourth-order valence-electron chi connectivity index (χ4n) is 2.06. The van der Waals surface area contributed by atoms with Crippen molar-refractivity contribution in [1.29, 1.82) is 0 Å². The third kappa shape index (κ3) is 4.01. The average molecular weight is 246 g/mol. The molecule has 1 rings (SSSR count). The lowest BCUT2D eigenvalue weighted by Gasteiger charge is -2.31. The van der Waals surface area contributed by atoms with Gasteiger partial charge in [0.05, 0.1) is 0 Å². The Morgan fingerprint density at radius 2 is 0.889 bits per heavy atom. The second kappa shape index (κ2) is 5.73. The standard InChI is InChI=1S/C16H26.C2H4/c1-11-9-13(15(3,4)5)14(10-12(11)2)16(6,7)8;1-2/h9-10H,1-8H3;1-2H2. The van der Waals surface area contributed by atoms with Crippen LogP contribution < -0.4 is 0 Å². The molecule has 0 spiro atoms. The van der Waals surface area contributed by atoms with E-state index in [4.69, 9.17) is 0 Å². The summed E-state index contributed by atoms with van der Waals surface area (Å²) in [4.78, 5) is 0. The van der Waals surface area contributed by atoms with Crippen molar-refractivity contribution in [1.82, 2.24) is 0 Å². The van der Waals surface area contributed by atoms with Crippen LogP contribution in [0.2, 0.25) is 0 Å². The SMILES string of the molecule is C=C.Cc1cc(C(C)(C)C)c(C(C)(C)C)cc1C. The molecule has 102 valence electrons. The van der Waals surface area contributed by atoms with Gasteiger partial charge in [0.1, 0.15) is 0 Å². The van der Waals surface area contributed by atoms with E-state index in [-0.39, 0.29) is 10.8 Å². The Labute approximate surface area is 114 Å². The van der Waals surface area contributed by atoms with Gasteiger partial charge in [0, 0.05) is 0 Å². The second-order valence-electron chi connectivity index (χ2n) is 6.98. The summed E-state index contributed by atoms with van der Waals surface area (Å²) < 4.78 is 0. The van der Waals surface area contributed by atoms with Crippen molar-refractivity contribution in [2.45, 2.75) is 66.2 Å². The molecule has 0 heterocycles. The summed E-state index contributed by atoms with van der Waals surface area (Å²) in [5.74, 6) is 0. The van der Waals surface area contributed by atoms with Gasteiger partial charge in [-0.3, -0.25) is 0 Å². The minimum absolute atomic E-state index is 0.223. The Morgan fingerprint density at radius 1 is 0.667 bits per heavy atom. The predicted molar refractivity (Wildman–Crippen MR) is 84.6 cm³/mol. The molecule has 0 heteroatoms. The molecule has 0 atom stereocenters. The lowest BCUT2D eigenvalue weighted by Crippen LogP contribution is -2.22. The third-order valence-electron chi connectivity index (χ3n) is 3.25. The molecule has 0 saturated heterocycles. The molecule has 0 aliphatic rings. The summed E-state index contributed by atoms with van der Waals surface area (Å²) in [5.41, 5.74) is 6.23. The number of benzene rings is 1. The van der Waals surface area contributed by atoms with E-state index in [1.165, 1.54) is 22.3 Å². The van der Waals surface area contributed by atoms with E-state index in [1.54, 1.807) is 0 Å². The van der Waals surface area contributed by atoms with E-state index in [2.05, 4.69) is 80.7 Å². The molecule has 1 aromatic rings. The van der Waals surface area contributed by atoms with Gasteiger partial charge in [-0.2, -0.15) is 0 Å². The zero-order chi connectivity index (χ0) is 14.7. The van der Waals surface area contributed by atoms with Gasteiger partial charge in [-0.25, -0.2) is 0 Å². The first-order valence-corrected chi connectivity index (χ1v) is 6.65. The number of aryl methyl sites for hydroxylation is 2. The Balaban J connectivity index is 0.00000137. The van der Waals surface area contributed by atoms with Crippen LogP contribution in [0.4, 0.5) is 0 Å². The maximum Gasteiger partial charge on any atom is -0.0129 e. The summed E-state index contributed by atoms with van der Waals surface area (Å²) in [5, 5.41) is 0. The molecule has 0 fully saturated rings. The molecule has 0 unspecified atom stereocenters. The predicted octanol–water partition coefficient (Wildman–Crippen LogP) is 5.70. The highest BCUT2D eigenvalue weighted by atomic mass is 14.3. The molecule has 0 bridgehead atoms. The summed E-state index contributed by atoms with van der Waals surface area (Å²) in [6, 6.07) is 4.74. The molecule has 1 aromatic carbocycles. The van der Waals surface area contributed by atoms with Gasteiger partial charge in [0.2, 0.25) is 0 Å². The van der Waals surface area contributed by atoms with Crippen molar-refractivity contribution in [2.75, 3.05) is 0 Å². The Bertz CT molecular complexity index is 358. The normalized spacial score (nSPS) is 11.8. The van der Waals surface area contributed by atoms with Crippen LogP contribution in [0.1, 0.15) is 63.8 Å². The second-order valence-corrected chi connectivity index (χ2v) is 6.98. The van der Waals surface area contributed by atoms with Crippen LogP contribution in [0.5, 0.6) is 0 Å². The highest BCUT2D eigenvalue weighted by Crippen LogP contribution is 2.35. The smallest absolute Gasteiger partial charge is 0.0129 e. The van der Waals surface area contributed by atoms with Crippen LogP contribution in [-0.2, 0) is 10.8 Å². The van der Waals surface area contributed by atoms with Crippen LogP contribution >= 0.6 is 0 Å². The van der Waals surface area contributed by atoms with Gasteiger partial charge in [-0.05, 0) is 46.9 Å². The van der Waals surface area contributed by atoms with Crippen LogP contribution in [0.3, 0.4) is 0 Å². The molecule has 0 amide bonds. The van der Waals surface area contributed by atoms with E-state index in [0.29, 0.717) is 0 Å². The van der Waals surface area contributed by atoms with Gasteiger partial charge < -0.3 is 0 Å². The fourth-order valence-corrected chi connectivity index (χ4v) is 2.06. The number of rotatable bonds is 0. The summed E-state index contributed by atoms with van der Waals surface area (Å²) >= 11 is 0. The van der Waals surface area contributed by atoms with Crippen molar-refractivity contribution < 1.29 is 0 Å². The Hall–Kier alpha value is -1.04. The lowest BCUT2D eigenvalue weighted by atomic mass is 9.74. The summed E-state index contributed by atoms with van der Waals surface area (Å²) in [6.07, 6.45) is 0. The average Bonchev–Trinajstić information content (AvgIpc) is 2.21. The molecule has 0 aliphatic heterocycles. The largest absolute Gasteiger partial charge is 0.106 e. The molecule has 0 nitrogen and oxygen atoms in total. The molecule has 0 aromatic heterocycles. The molecule has 18 heavy (non-hydrogen) atoms. The highest BCUT2D eigenvalue weighted by molar-refractivity contribution is 5.44. The lowest BCUT2D eigenvalue weighted by molar-refractivity contribution is 0.529. The third-order valence-corrected chi connectivity index (χ3v) is 3.25. The van der Waals surface area contributed by atoms with E-state index in [9.17, 15) is 0 Å². The number of hydrogen-bond acceptors (Lipinski definition) is 0. The van der Waals surface area contributed by atoms with Gasteiger partial charge in [0.15, 0.2) is 0 Å². The first kappa shape index (κ1) is 17.0. The summed E-state index contributed by atoms with van der Waals surface area (Å²) in [6.45, 7) is 24.2. The quantitative estimate of drug-likeness (QED) is 0.515. The van der Waals surface area contributed by atoms with Crippen LogP contribution in [-0.4, -0.2) is 0 Å². The first-order valence-electron chi connectivity index (χ1n) is 6.65. The molecular weight excluding hydrogens is 216 g/mol. The molecular formula is C18H30. The van der Waals surface area contributed by atoms with Crippen molar-refractivity contribution in [3.63, 3.8) is 0 Å². The van der Waals surface area contributed by atoms with E-state index < -0.39 is 0 Å². The number of hydrogen-bond donors (Lipinski definition) is 0. The Morgan fingerprint density at radius 3 is 1.06 bits per heavy atom. The first-order chi connectivity index (χ1) is 8.03. The fraction of sp³-hybridized carbons (Fsp3) is 0.556. The zero-order valence-corrected chi connectivity index (χ0v) is 13.6. The van der Waals surface area contributed by atoms with Gasteiger partial charge >= 0.3 is 0 Å². The van der Waals surface area contributed by atoms with Crippen molar-refractivity contribution in [2.24, 2.45) is 0 Å². The van der Waals surface area contributed by atoms with Crippen LogP contribution in [0.25, 0.3) is 0 Å². The maximum atomic E-state index is 3.00. The van der Waals surface area contributed by atoms with E-state index >= 15 is 0 Å². The van der Waals surface area contributed by atoms with Crippen molar-refractivity contribution in [3.8, 4) is 0 Å². The maximum absolute atomic E-state index is 3.00. The van der Waals surface area contributed by atoms with E-state index in [1.807, 2.05) is 0 Å². The van der Waals surface area contributed by atoms with Gasteiger partial charge in [0.25, 0.3) is 0 Å². The van der Waals surface area contributed by atoms with E-state index in [0.717, 1.165) is 0 Å². The molecule has 0 aliphatic carbocycles. The minimum Gasteiger partial charge on any atom is -0.106 e. The van der Waals surface area contributed by atoms with Gasteiger partial charge in [-0.15, -0.1) is 13.2 Å². The highest BCUT2D eigenvalue weighted by Gasteiger charge is 2.25. The topological polar surface area (TPSA) is 0 Å². The van der Waals surface area contributed by atoms with Crippen LogP contribution in [0, 0.1) is 13.8 Å². The van der Waals surface area contributed by atoms with Gasteiger partial charge in [-0.1, -0.05) is 53.7 Å². The molecule has 0 radical (unpaired) electrons.